The summed E-state index contributed by atoms with van der Waals surface area (Å²) in [5.74, 6) is 0.167. The van der Waals surface area contributed by atoms with Crippen LogP contribution in [0.5, 0.6) is 0 Å². The first kappa shape index (κ1) is 15.4. The predicted molar refractivity (Wildman–Crippen MR) is 75.6 cm³/mol. The van der Waals surface area contributed by atoms with Gasteiger partial charge in [0.2, 0.25) is 5.91 Å². The Labute approximate surface area is 111 Å². The van der Waals surface area contributed by atoms with E-state index in [1.807, 2.05) is 0 Å². The van der Waals surface area contributed by atoms with Gasteiger partial charge in [0.1, 0.15) is 0 Å². The summed E-state index contributed by atoms with van der Waals surface area (Å²) in [5, 5.41) is 6.38. The molecule has 4 heteroatoms. The van der Waals surface area contributed by atoms with E-state index in [9.17, 15) is 4.79 Å². The summed E-state index contributed by atoms with van der Waals surface area (Å²) in [6.45, 7) is 12.1. The fraction of sp³-hybridized carbons (Fsp3) is 0.929. The monoisotopic (exact) mass is 255 g/mol. The molecule has 1 saturated heterocycles. The van der Waals surface area contributed by atoms with E-state index in [0.717, 1.165) is 45.6 Å². The van der Waals surface area contributed by atoms with Gasteiger partial charge in [-0.1, -0.05) is 20.8 Å². The van der Waals surface area contributed by atoms with E-state index in [0.29, 0.717) is 12.0 Å². The number of carbonyl (C=O) groups excluding carboxylic acids is 1. The van der Waals surface area contributed by atoms with Crippen molar-refractivity contribution in [1.82, 2.24) is 15.5 Å². The predicted octanol–water partition coefficient (Wildman–Crippen LogP) is 1.22. The van der Waals surface area contributed by atoms with E-state index in [1.165, 1.54) is 6.42 Å². The minimum Gasteiger partial charge on any atom is -0.355 e. The third-order valence-corrected chi connectivity index (χ3v) is 3.54. The van der Waals surface area contributed by atoms with Crippen molar-refractivity contribution >= 4 is 5.91 Å². The highest BCUT2D eigenvalue weighted by Gasteiger charge is 2.30. The van der Waals surface area contributed by atoms with Gasteiger partial charge in [-0.05, 0) is 37.8 Å². The van der Waals surface area contributed by atoms with Gasteiger partial charge in [-0.2, -0.15) is 0 Å². The highest BCUT2D eigenvalue weighted by Crippen LogP contribution is 2.25. The van der Waals surface area contributed by atoms with E-state index in [2.05, 4.69) is 36.3 Å². The van der Waals surface area contributed by atoms with E-state index < -0.39 is 0 Å². The number of hydrogen-bond donors (Lipinski definition) is 2. The number of rotatable bonds is 8. The van der Waals surface area contributed by atoms with Crippen molar-refractivity contribution in [3.05, 3.63) is 0 Å². The van der Waals surface area contributed by atoms with Gasteiger partial charge >= 0.3 is 0 Å². The van der Waals surface area contributed by atoms with Gasteiger partial charge in [0.25, 0.3) is 0 Å². The molecular weight excluding hydrogens is 226 g/mol. The molecule has 1 amide bonds. The zero-order valence-electron chi connectivity index (χ0n) is 12.2. The zero-order chi connectivity index (χ0) is 13.4. The maximum absolute atomic E-state index is 11.8. The van der Waals surface area contributed by atoms with Crippen molar-refractivity contribution in [3.8, 4) is 0 Å². The molecule has 0 aliphatic carbocycles. The Morgan fingerprint density at radius 1 is 1.39 bits per heavy atom. The first-order valence-corrected chi connectivity index (χ1v) is 7.29. The second kappa shape index (κ2) is 7.74. The number of hydrogen-bond acceptors (Lipinski definition) is 3. The molecular formula is C14H29N3O. The van der Waals surface area contributed by atoms with Crippen LogP contribution in [0.25, 0.3) is 0 Å². The molecule has 18 heavy (non-hydrogen) atoms. The van der Waals surface area contributed by atoms with E-state index in [4.69, 9.17) is 0 Å². The number of nitrogens with one attached hydrogen (secondary N) is 2. The quantitative estimate of drug-likeness (QED) is 0.685. The van der Waals surface area contributed by atoms with Crippen molar-refractivity contribution in [2.24, 2.45) is 5.41 Å². The molecule has 1 atom stereocenters. The van der Waals surface area contributed by atoms with Crippen LogP contribution in [-0.2, 0) is 4.79 Å². The molecule has 1 aliphatic heterocycles. The molecule has 0 aromatic rings. The summed E-state index contributed by atoms with van der Waals surface area (Å²) in [4.78, 5) is 14.1. The molecule has 0 bridgehead atoms. The van der Waals surface area contributed by atoms with Crippen LogP contribution in [-0.4, -0.2) is 50.1 Å². The Morgan fingerprint density at radius 2 is 2.17 bits per heavy atom. The van der Waals surface area contributed by atoms with Crippen LogP contribution < -0.4 is 10.6 Å². The summed E-state index contributed by atoms with van der Waals surface area (Å²) >= 11 is 0. The second-order valence-electron chi connectivity index (χ2n) is 5.80. The Bertz CT molecular complexity index is 249. The van der Waals surface area contributed by atoms with Crippen LogP contribution in [0.2, 0.25) is 0 Å². The van der Waals surface area contributed by atoms with Gasteiger partial charge in [-0.3, -0.25) is 9.69 Å². The van der Waals surface area contributed by atoms with Gasteiger partial charge in [0.05, 0.1) is 6.54 Å². The van der Waals surface area contributed by atoms with Crippen LogP contribution in [0.3, 0.4) is 0 Å². The van der Waals surface area contributed by atoms with Gasteiger partial charge in [0.15, 0.2) is 0 Å². The molecule has 1 unspecified atom stereocenters. The van der Waals surface area contributed by atoms with Crippen LogP contribution in [0.15, 0.2) is 0 Å². The summed E-state index contributed by atoms with van der Waals surface area (Å²) in [6.07, 6.45) is 3.31. The van der Waals surface area contributed by atoms with Gasteiger partial charge in [-0.25, -0.2) is 0 Å². The van der Waals surface area contributed by atoms with Gasteiger partial charge in [-0.15, -0.1) is 0 Å². The highest BCUT2D eigenvalue weighted by atomic mass is 16.2. The van der Waals surface area contributed by atoms with E-state index >= 15 is 0 Å². The topological polar surface area (TPSA) is 44.4 Å². The Hall–Kier alpha value is -0.610. The van der Waals surface area contributed by atoms with E-state index in [1.54, 1.807) is 0 Å². The first-order valence-electron chi connectivity index (χ1n) is 7.29. The third kappa shape index (κ3) is 5.36. The highest BCUT2D eigenvalue weighted by molar-refractivity contribution is 5.77. The van der Waals surface area contributed by atoms with Crippen LogP contribution in [0.4, 0.5) is 0 Å². The lowest BCUT2D eigenvalue weighted by atomic mass is 9.89. The average Bonchev–Trinajstić information content (AvgIpc) is 2.73. The molecule has 1 aliphatic rings. The molecule has 1 heterocycles. The third-order valence-electron chi connectivity index (χ3n) is 3.54. The van der Waals surface area contributed by atoms with Crippen LogP contribution in [0, 0.1) is 5.41 Å². The summed E-state index contributed by atoms with van der Waals surface area (Å²) < 4.78 is 0. The molecule has 2 N–H and O–H groups in total. The lowest BCUT2D eigenvalue weighted by Gasteiger charge is -2.31. The maximum atomic E-state index is 11.8. The zero-order valence-corrected chi connectivity index (χ0v) is 12.2. The Kier molecular flexibility index (Phi) is 6.65. The molecule has 0 aromatic carbocycles. The number of amides is 1. The first-order chi connectivity index (χ1) is 8.59. The van der Waals surface area contributed by atoms with Crippen LogP contribution >= 0.6 is 0 Å². The summed E-state index contributed by atoms with van der Waals surface area (Å²) in [6, 6.07) is 0. The maximum Gasteiger partial charge on any atom is 0.234 e. The summed E-state index contributed by atoms with van der Waals surface area (Å²) in [7, 11) is 0. The van der Waals surface area contributed by atoms with Crippen molar-refractivity contribution < 1.29 is 4.79 Å². The minimum atomic E-state index is 0.167. The Balaban J connectivity index is 2.41. The lowest BCUT2D eigenvalue weighted by Crippen LogP contribution is -2.43. The lowest BCUT2D eigenvalue weighted by molar-refractivity contribution is -0.122. The molecule has 4 nitrogen and oxygen atoms in total. The van der Waals surface area contributed by atoms with Gasteiger partial charge < -0.3 is 10.6 Å². The molecule has 0 saturated carbocycles. The fourth-order valence-electron chi connectivity index (χ4n) is 2.60. The molecule has 0 aromatic heterocycles. The summed E-state index contributed by atoms with van der Waals surface area (Å²) in [5.41, 5.74) is 0.334. The standard InChI is InChI=1S/C14H29N3O/c1-4-7-16-13(18)10-17(9-5-2)12-14(3)6-8-15-11-14/h15H,4-12H2,1-3H3,(H,16,18). The number of carbonyl (C=O) groups is 1. The van der Waals surface area contributed by atoms with Crippen molar-refractivity contribution in [1.29, 1.82) is 0 Å². The minimum absolute atomic E-state index is 0.167. The van der Waals surface area contributed by atoms with Crippen LogP contribution in [0.1, 0.15) is 40.0 Å². The average molecular weight is 255 g/mol. The van der Waals surface area contributed by atoms with Crippen molar-refractivity contribution in [2.75, 3.05) is 39.3 Å². The smallest absolute Gasteiger partial charge is 0.234 e. The van der Waals surface area contributed by atoms with Crippen molar-refractivity contribution in [3.63, 3.8) is 0 Å². The second-order valence-corrected chi connectivity index (χ2v) is 5.80. The molecule has 106 valence electrons. The number of nitrogens with zero attached hydrogens (tertiary/aromatic N) is 1. The molecule has 1 rings (SSSR count). The molecule has 0 spiro atoms. The molecule has 1 fully saturated rings. The SMILES string of the molecule is CCCNC(=O)CN(CCC)CC1(C)CCNC1. The van der Waals surface area contributed by atoms with Gasteiger partial charge in [0, 0.05) is 19.6 Å². The normalized spacial score (nSPS) is 23.6. The van der Waals surface area contributed by atoms with E-state index in [-0.39, 0.29) is 5.91 Å². The Morgan fingerprint density at radius 3 is 2.72 bits per heavy atom. The largest absolute Gasteiger partial charge is 0.355 e. The fourth-order valence-corrected chi connectivity index (χ4v) is 2.60. The van der Waals surface area contributed by atoms with Crippen molar-refractivity contribution in [2.45, 2.75) is 40.0 Å². The molecule has 0 radical (unpaired) electrons.